The molecular formula is C12H14BrNO3. The van der Waals surface area contributed by atoms with Crippen LogP contribution in [0.4, 0.5) is 0 Å². The minimum Gasteiger partial charge on any atom is -0.481 e. The van der Waals surface area contributed by atoms with Gasteiger partial charge >= 0.3 is 5.97 Å². The normalized spacial score (nSPS) is 11.9. The fourth-order valence-corrected chi connectivity index (χ4v) is 1.85. The fraction of sp³-hybridized carbons (Fsp3) is 0.333. The first kappa shape index (κ1) is 13.7. The van der Waals surface area contributed by atoms with E-state index in [9.17, 15) is 9.59 Å². The first-order chi connectivity index (χ1) is 7.90. The van der Waals surface area contributed by atoms with Gasteiger partial charge in [-0.25, -0.2) is 0 Å². The third-order valence-electron chi connectivity index (χ3n) is 2.22. The predicted octanol–water partition coefficient (Wildman–Crippen LogP) is 2.35. The predicted molar refractivity (Wildman–Crippen MR) is 68.1 cm³/mol. The van der Waals surface area contributed by atoms with Gasteiger partial charge in [0, 0.05) is 10.5 Å². The molecule has 1 rings (SSSR count). The van der Waals surface area contributed by atoms with Crippen molar-refractivity contribution in [2.75, 3.05) is 0 Å². The van der Waals surface area contributed by atoms with Crippen molar-refractivity contribution >= 4 is 27.8 Å². The van der Waals surface area contributed by atoms with Crippen LogP contribution in [0.3, 0.4) is 0 Å². The lowest BCUT2D eigenvalue weighted by Crippen LogP contribution is -2.34. The Morgan fingerprint density at radius 1 is 1.47 bits per heavy atom. The van der Waals surface area contributed by atoms with E-state index in [2.05, 4.69) is 21.2 Å². The van der Waals surface area contributed by atoms with Gasteiger partial charge in [-0.3, -0.25) is 9.59 Å². The molecular weight excluding hydrogens is 286 g/mol. The average Bonchev–Trinajstić information content (AvgIpc) is 2.20. The van der Waals surface area contributed by atoms with Crippen LogP contribution >= 0.6 is 15.9 Å². The van der Waals surface area contributed by atoms with Crippen molar-refractivity contribution < 1.29 is 14.7 Å². The number of hydrogen-bond acceptors (Lipinski definition) is 2. The summed E-state index contributed by atoms with van der Waals surface area (Å²) >= 11 is 3.29. The number of aliphatic carboxylic acids is 1. The van der Waals surface area contributed by atoms with Gasteiger partial charge in [0.25, 0.3) is 5.91 Å². The summed E-state index contributed by atoms with van der Waals surface area (Å²) < 4.78 is 0.697. The molecule has 1 unspecified atom stereocenters. The molecule has 4 nitrogen and oxygen atoms in total. The van der Waals surface area contributed by atoms with Crippen LogP contribution in [0.1, 0.15) is 29.3 Å². The van der Waals surface area contributed by atoms with Crippen molar-refractivity contribution in [3.63, 3.8) is 0 Å². The van der Waals surface area contributed by atoms with E-state index in [0.717, 1.165) is 5.56 Å². The van der Waals surface area contributed by atoms with Crippen molar-refractivity contribution in [1.29, 1.82) is 0 Å². The summed E-state index contributed by atoms with van der Waals surface area (Å²) in [6.45, 7) is 3.56. The molecule has 0 aliphatic carbocycles. The second kappa shape index (κ2) is 5.82. The molecule has 0 fully saturated rings. The topological polar surface area (TPSA) is 66.4 Å². The van der Waals surface area contributed by atoms with E-state index in [1.54, 1.807) is 19.1 Å². The summed E-state index contributed by atoms with van der Waals surface area (Å²) in [7, 11) is 0. The molecule has 0 radical (unpaired) electrons. The number of carboxylic acids is 1. The molecule has 0 aromatic heterocycles. The van der Waals surface area contributed by atoms with E-state index in [-0.39, 0.29) is 12.3 Å². The Morgan fingerprint density at radius 2 is 2.12 bits per heavy atom. The van der Waals surface area contributed by atoms with Crippen LogP contribution in [0.15, 0.2) is 22.7 Å². The van der Waals surface area contributed by atoms with Gasteiger partial charge < -0.3 is 10.4 Å². The second-order valence-corrected chi connectivity index (χ2v) is 4.81. The molecule has 2 N–H and O–H groups in total. The van der Waals surface area contributed by atoms with Crippen LogP contribution in [0.25, 0.3) is 0 Å². The minimum atomic E-state index is -0.930. The molecule has 0 bridgehead atoms. The van der Waals surface area contributed by atoms with Crippen molar-refractivity contribution in [3.8, 4) is 0 Å². The Morgan fingerprint density at radius 3 is 2.71 bits per heavy atom. The Hall–Kier alpha value is -1.36. The first-order valence-electron chi connectivity index (χ1n) is 5.19. The Balaban J connectivity index is 2.76. The monoisotopic (exact) mass is 299 g/mol. The quantitative estimate of drug-likeness (QED) is 0.897. The van der Waals surface area contributed by atoms with Gasteiger partial charge in [0.15, 0.2) is 0 Å². The van der Waals surface area contributed by atoms with Crippen LogP contribution in [-0.4, -0.2) is 23.0 Å². The lowest BCUT2D eigenvalue weighted by molar-refractivity contribution is -0.137. The molecule has 0 aliphatic heterocycles. The molecule has 1 atom stereocenters. The number of carbonyl (C=O) groups excluding carboxylic acids is 1. The smallest absolute Gasteiger partial charge is 0.305 e. The van der Waals surface area contributed by atoms with Crippen molar-refractivity contribution in [2.45, 2.75) is 26.3 Å². The summed E-state index contributed by atoms with van der Waals surface area (Å²) in [5.41, 5.74) is 1.49. The number of carboxylic acid groups (broad SMARTS) is 1. The average molecular weight is 300 g/mol. The highest BCUT2D eigenvalue weighted by Gasteiger charge is 2.14. The first-order valence-corrected chi connectivity index (χ1v) is 5.98. The maximum atomic E-state index is 11.9. The largest absolute Gasteiger partial charge is 0.481 e. The number of amides is 1. The molecule has 5 heteroatoms. The van der Waals surface area contributed by atoms with E-state index in [4.69, 9.17) is 5.11 Å². The number of carbonyl (C=O) groups is 2. The van der Waals surface area contributed by atoms with Gasteiger partial charge in [-0.15, -0.1) is 0 Å². The van der Waals surface area contributed by atoms with E-state index in [1.165, 1.54) is 0 Å². The molecule has 1 aromatic rings. The third-order valence-corrected chi connectivity index (χ3v) is 2.92. The molecule has 0 spiro atoms. The van der Waals surface area contributed by atoms with E-state index in [0.29, 0.717) is 10.0 Å². The fourth-order valence-electron chi connectivity index (χ4n) is 1.43. The van der Waals surface area contributed by atoms with Crippen LogP contribution in [0, 0.1) is 6.92 Å². The molecule has 0 aliphatic rings. The van der Waals surface area contributed by atoms with Crippen LogP contribution in [0.2, 0.25) is 0 Å². The number of hydrogen-bond donors (Lipinski definition) is 2. The Labute approximate surface area is 108 Å². The van der Waals surface area contributed by atoms with Crippen LogP contribution < -0.4 is 5.32 Å². The minimum absolute atomic E-state index is 0.0881. The van der Waals surface area contributed by atoms with Gasteiger partial charge in [0.05, 0.1) is 12.0 Å². The lowest BCUT2D eigenvalue weighted by Gasteiger charge is -2.12. The van der Waals surface area contributed by atoms with E-state index in [1.807, 2.05) is 13.0 Å². The molecule has 92 valence electrons. The van der Waals surface area contributed by atoms with Crippen LogP contribution in [-0.2, 0) is 4.79 Å². The summed E-state index contributed by atoms with van der Waals surface area (Å²) in [6.07, 6.45) is -0.0881. The van der Waals surface area contributed by atoms with Gasteiger partial charge in [0.2, 0.25) is 0 Å². The zero-order chi connectivity index (χ0) is 13.0. The summed E-state index contributed by atoms with van der Waals surface area (Å²) in [4.78, 5) is 22.4. The molecule has 0 saturated heterocycles. The standard InChI is InChI=1S/C12H14BrNO3/c1-7-3-4-10(13)9(5-7)12(17)14-8(2)6-11(15)16/h3-5,8H,6H2,1-2H3,(H,14,17)(H,15,16). The van der Waals surface area contributed by atoms with Crippen molar-refractivity contribution in [1.82, 2.24) is 5.32 Å². The Bertz CT molecular complexity index is 445. The second-order valence-electron chi connectivity index (χ2n) is 3.96. The molecule has 0 saturated carbocycles. The summed E-state index contributed by atoms with van der Waals surface area (Å²) in [5.74, 6) is -1.20. The maximum Gasteiger partial charge on any atom is 0.305 e. The maximum absolute atomic E-state index is 11.9. The molecule has 17 heavy (non-hydrogen) atoms. The van der Waals surface area contributed by atoms with Crippen LogP contribution in [0.5, 0.6) is 0 Å². The number of rotatable bonds is 4. The van der Waals surface area contributed by atoms with Gasteiger partial charge in [-0.1, -0.05) is 11.6 Å². The highest BCUT2D eigenvalue weighted by molar-refractivity contribution is 9.10. The molecule has 0 heterocycles. The van der Waals surface area contributed by atoms with E-state index < -0.39 is 12.0 Å². The lowest BCUT2D eigenvalue weighted by atomic mass is 10.1. The van der Waals surface area contributed by atoms with Gasteiger partial charge in [-0.2, -0.15) is 0 Å². The number of nitrogens with one attached hydrogen (secondary N) is 1. The number of halogens is 1. The summed E-state index contributed by atoms with van der Waals surface area (Å²) in [6, 6.07) is 5.05. The zero-order valence-electron chi connectivity index (χ0n) is 9.66. The SMILES string of the molecule is Cc1ccc(Br)c(C(=O)NC(C)CC(=O)O)c1. The number of aryl methyl sites for hydroxylation is 1. The highest BCUT2D eigenvalue weighted by atomic mass is 79.9. The number of benzene rings is 1. The van der Waals surface area contributed by atoms with E-state index >= 15 is 0 Å². The highest BCUT2D eigenvalue weighted by Crippen LogP contribution is 2.18. The third kappa shape index (κ3) is 4.19. The molecule has 1 aromatic carbocycles. The van der Waals surface area contributed by atoms with Crippen molar-refractivity contribution in [2.24, 2.45) is 0 Å². The summed E-state index contributed by atoms with van der Waals surface area (Å²) in [5, 5.41) is 11.3. The zero-order valence-corrected chi connectivity index (χ0v) is 11.2. The van der Waals surface area contributed by atoms with Crippen molar-refractivity contribution in [3.05, 3.63) is 33.8 Å². The van der Waals surface area contributed by atoms with Gasteiger partial charge in [0.1, 0.15) is 0 Å². The Kier molecular flexibility index (Phi) is 4.69. The molecule has 1 amide bonds. The van der Waals surface area contributed by atoms with Gasteiger partial charge in [-0.05, 0) is 41.9 Å².